The third-order valence-corrected chi connectivity index (χ3v) is 6.83. The van der Waals surface area contributed by atoms with E-state index in [1.807, 2.05) is 18.2 Å². The van der Waals surface area contributed by atoms with E-state index < -0.39 is 6.10 Å². The zero-order valence-electron chi connectivity index (χ0n) is 20.9. The van der Waals surface area contributed by atoms with Gasteiger partial charge in [-0.15, -0.1) is 0 Å². The Morgan fingerprint density at radius 3 is 2.43 bits per heavy atom. The molecule has 1 aliphatic heterocycles. The summed E-state index contributed by atoms with van der Waals surface area (Å²) < 4.78 is 19.5. The van der Waals surface area contributed by atoms with Crippen molar-refractivity contribution in [3.63, 3.8) is 0 Å². The molecule has 0 aliphatic carbocycles. The number of benzene rings is 4. The first-order valence-electron chi connectivity index (χ1n) is 12.7. The Kier molecular flexibility index (Phi) is 7.62. The van der Waals surface area contributed by atoms with E-state index in [-0.39, 0.29) is 24.3 Å². The monoisotopic (exact) mass is 494 g/mol. The molecule has 2 atom stereocenters. The molecular formula is C32H31FN2O2. The summed E-state index contributed by atoms with van der Waals surface area (Å²) in [6, 6.07) is 33.5. The highest BCUT2D eigenvalue weighted by atomic mass is 19.1. The molecule has 1 heterocycles. The Balaban J connectivity index is 1.34. The van der Waals surface area contributed by atoms with Crippen molar-refractivity contribution in [2.75, 3.05) is 6.54 Å². The van der Waals surface area contributed by atoms with Gasteiger partial charge in [0.15, 0.2) is 6.10 Å². The normalized spacial score (nSPS) is 16.0. The highest BCUT2D eigenvalue weighted by Crippen LogP contribution is 2.38. The summed E-state index contributed by atoms with van der Waals surface area (Å²) in [6.07, 6.45) is 0.265. The van der Waals surface area contributed by atoms with Crippen molar-refractivity contribution in [3.05, 3.63) is 137 Å². The maximum atomic E-state index is 13.4. The number of nitrogens with zero attached hydrogens (tertiary/aromatic N) is 1. The fourth-order valence-electron chi connectivity index (χ4n) is 4.97. The first-order valence-corrected chi connectivity index (χ1v) is 12.7. The molecule has 1 amide bonds. The lowest BCUT2D eigenvalue weighted by Crippen LogP contribution is -2.37. The maximum Gasteiger partial charge on any atom is 0.261 e. The van der Waals surface area contributed by atoms with E-state index in [2.05, 4.69) is 70.9 Å². The number of fused-ring (bicyclic) bond motifs is 1. The number of hydrogen-bond donors (Lipinski definition) is 1. The smallest absolute Gasteiger partial charge is 0.261 e. The average molecular weight is 495 g/mol. The second kappa shape index (κ2) is 11.4. The maximum absolute atomic E-state index is 13.4. The van der Waals surface area contributed by atoms with Gasteiger partial charge in [-0.05, 0) is 65.4 Å². The molecule has 37 heavy (non-hydrogen) atoms. The Hall–Kier alpha value is -3.96. The van der Waals surface area contributed by atoms with Crippen LogP contribution in [0.4, 0.5) is 4.39 Å². The van der Waals surface area contributed by atoms with Crippen molar-refractivity contribution >= 4 is 5.91 Å². The zero-order chi connectivity index (χ0) is 25.6. The van der Waals surface area contributed by atoms with Crippen LogP contribution in [0.1, 0.15) is 40.8 Å². The van der Waals surface area contributed by atoms with E-state index >= 15 is 0 Å². The summed E-state index contributed by atoms with van der Waals surface area (Å²) in [6.45, 7) is 3.79. The number of nitrogens with one attached hydrogen (secondary N) is 1. The van der Waals surface area contributed by atoms with Crippen molar-refractivity contribution in [2.45, 2.75) is 38.6 Å². The van der Waals surface area contributed by atoms with Crippen LogP contribution in [0.2, 0.25) is 0 Å². The number of carbonyl (C=O) groups is 1. The second-order valence-corrected chi connectivity index (χ2v) is 9.49. The lowest BCUT2D eigenvalue weighted by Gasteiger charge is -2.38. The molecule has 0 bridgehead atoms. The molecule has 4 aromatic carbocycles. The van der Waals surface area contributed by atoms with Gasteiger partial charge in [0.25, 0.3) is 5.91 Å². The summed E-state index contributed by atoms with van der Waals surface area (Å²) in [5, 5.41) is 2.84. The predicted octanol–water partition coefficient (Wildman–Crippen LogP) is 6.06. The molecule has 1 N–H and O–H groups in total. The Bertz CT molecular complexity index is 1340. The van der Waals surface area contributed by atoms with Crippen LogP contribution >= 0.6 is 0 Å². The summed E-state index contributed by atoms with van der Waals surface area (Å²) in [5.41, 5.74) is 5.73. The molecule has 5 heteroatoms. The van der Waals surface area contributed by atoms with Crippen LogP contribution in [0.3, 0.4) is 0 Å². The Morgan fingerprint density at radius 2 is 1.68 bits per heavy atom. The molecule has 0 fully saturated rings. The molecule has 0 spiro atoms. The number of ether oxygens (including phenoxy) is 1. The largest absolute Gasteiger partial charge is 0.481 e. The van der Waals surface area contributed by atoms with E-state index in [9.17, 15) is 9.18 Å². The van der Waals surface area contributed by atoms with Gasteiger partial charge in [0.2, 0.25) is 0 Å². The van der Waals surface area contributed by atoms with Gasteiger partial charge in [0.1, 0.15) is 11.6 Å². The van der Waals surface area contributed by atoms with Gasteiger partial charge in [0.05, 0.1) is 6.04 Å². The summed E-state index contributed by atoms with van der Waals surface area (Å²) in [5.74, 6) is 0.0985. The van der Waals surface area contributed by atoms with Gasteiger partial charge in [-0.1, -0.05) is 78.9 Å². The first kappa shape index (κ1) is 24.7. The molecule has 0 radical (unpaired) electrons. The second-order valence-electron chi connectivity index (χ2n) is 9.49. The molecule has 1 aliphatic rings. The average Bonchev–Trinajstić information content (AvgIpc) is 2.92. The van der Waals surface area contributed by atoms with Crippen LogP contribution in [0.5, 0.6) is 5.75 Å². The Morgan fingerprint density at radius 1 is 0.946 bits per heavy atom. The lowest BCUT2D eigenvalue weighted by molar-refractivity contribution is -0.127. The third kappa shape index (κ3) is 6.07. The topological polar surface area (TPSA) is 41.6 Å². The summed E-state index contributed by atoms with van der Waals surface area (Å²) >= 11 is 0. The van der Waals surface area contributed by atoms with Crippen molar-refractivity contribution in [1.82, 2.24) is 10.2 Å². The zero-order valence-corrected chi connectivity index (χ0v) is 20.9. The van der Waals surface area contributed by atoms with Gasteiger partial charge in [-0.2, -0.15) is 0 Å². The number of carbonyl (C=O) groups excluding carboxylic acids is 1. The highest BCUT2D eigenvalue weighted by molar-refractivity contribution is 5.80. The standard InChI is InChI=1S/C32H31FN2O2/c1-23(32(36)34-21-25-11-8-14-28(33)19-25)37-29-16-15-26-17-18-35(22-24-9-4-2-5-10-24)31(30(26)20-29)27-12-6-3-7-13-27/h2-16,19-20,23,31H,17-18,21-22H2,1H3,(H,34,36). The minimum Gasteiger partial charge on any atom is -0.481 e. The van der Waals surface area contributed by atoms with Gasteiger partial charge < -0.3 is 10.1 Å². The van der Waals surface area contributed by atoms with Crippen LogP contribution in [-0.4, -0.2) is 23.5 Å². The first-order chi connectivity index (χ1) is 18.1. The van der Waals surface area contributed by atoms with Crippen LogP contribution < -0.4 is 10.1 Å². The molecule has 2 unspecified atom stereocenters. The summed E-state index contributed by atoms with van der Waals surface area (Å²) in [4.78, 5) is 15.2. The van der Waals surface area contributed by atoms with E-state index in [4.69, 9.17) is 4.74 Å². The van der Waals surface area contributed by atoms with E-state index in [1.165, 1.54) is 34.4 Å². The van der Waals surface area contributed by atoms with Crippen LogP contribution in [-0.2, 0) is 24.3 Å². The van der Waals surface area contributed by atoms with Gasteiger partial charge in [0, 0.05) is 19.6 Å². The van der Waals surface area contributed by atoms with Crippen molar-refractivity contribution in [3.8, 4) is 5.75 Å². The van der Waals surface area contributed by atoms with Gasteiger partial charge in [-0.3, -0.25) is 9.69 Å². The van der Waals surface area contributed by atoms with Crippen molar-refractivity contribution in [2.24, 2.45) is 0 Å². The minimum atomic E-state index is -0.689. The number of hydrogen-bond acceptors (Lipinski definition) is 3. The van der Waals surface area contributed by atoms with Crippen molar-refractivity contribution in [1.29, 1.82) is 0 Å². The Labute approximate surface area is 217 Å². The van der Waals surface area contributed by atoms with E-state index in [1.54, 1.807) is 19.1 Å². The number of amides is 1. The van der Waals surface area contributed by atoms with E-state index in [0.717, 1.165) is 19.5 Å². The molecule has 4 nitrogen and oxygen atoms in total. The third-order valence-electron chi connectivity index (χ3n) is 6.83. The number of rotatable bonds is 8. The molecule has 4 aromatic rings. The van der Waals surface area contributed by atoms with Crippen LogP contribution in [0, 0.1) is 5.82 Å². The molecule has 0 saturated carbocycles. The molecule has 0 saturated heterocycles. The van der Waals surface area contributed by atoms with Crippen LogP contribution in [0.15, 0.2) is 103 Å². The highest BCUT2D eigenvalue weighted by Gasteiger charge is 2.29. The fourth-order valence-corrected chi connectivity index (χ4v) is 4.97. The molecule has 188 valence electrons. The predicted molar refractivity (Wildman–Crippen MR) is 144 cm³/mol. The molecule has 0 aromatic heterocycles. The number of halogens is 1. The quantitative estimate of drug-likeness (QED) is 0.324. The molecular weight excluding hydrogens is 463 g/mol. The minimum absolute atomic E-state index is 0.0887. The fraction of sp³-hybridized carbons (Fsp3) is 0.219. The van der Waals surface area contributed by atoms with Gasteiger partial charge >= 0.3 is 0 Å². The van der Waals surface area contributed by atoms with Gasteiger partial charge in [-0.25, -0.2) is 4.39 Å². The molecule has 5 rings (SSSR count). The SMILES string of the molecule is CC(Oc1ccc2c(c1)C(c1ccccc1)N(Cc1ccccc1)CC2)C(=O)NCc1cccc(F)c1. The lowest BCUT2D eigenvalue weighted by atomic mass is 9.87. The van der Waals surface area contributed by atoms with Crippen molar-refractivity contribution < 1.29 is 13.9 Å². The van der Waals surface area contributed by atoms with Crippen LogP contribution in [0.25, 0.3) is 0 Å². The summed E-state index contributed by atoms with van der Waals surface area (Å²) in [7, 11) is 0. The van der Waals surface area contributed by atoms with E-state index in [0.29, 0.717) is 11.3 Å².